The Balaban J connectivity index is 1.81. The molecule has 0 unspecified atom stereocenters. The van der Waals surface area contributed by atoms with E-state index in [9.17, 15) is 28.5 Å². The van der Waals surface area contributed by atoms with Gasteiger partial charge in [0.2, 0.25) is 0 Å². The number of hydrogen-bond donors (Lipinski definition) is 0. The molecule has 0 aromatic heterocycles. The Morgan fingerprint density at radius 3 is 2.22 bits per heavy atom. The summed E-state index contributed by atoms with van der Waals surface area (Å²) in [5.41, 5.74) is -0.248. The van der Waals surface area contributed by atoms with Crippen LogP contribution < -0.4 is 4.90 Å². The van der Waals surface area contributed by atoms with Gasteiger partial charge in [-0.1, -0.05) is 6.92 Å². The number of non-ortho nitro benzene ring substituents is 1. The highest BCUT2D eigenvalue weighted by Gasteiger charge is 2.44. The third kappa shape index (κ3) is 3.73. The standard InChI is InChI=1S/C22H20F2N4O4/c1-2-25-9-11-26(12-10-25)20-19(14-3-6-16(7-4-14)28(31)32)21(29)27(22(20)30)18-13-15(23)5-8-17(18)24/h3-8,13H,2,9-12H2,1H3. The van der Waals surface area contributed by atoms with Gasteiger partial charge < -0.3 is 9.80 Å². The van der Waals surface area contributed by atoms with Crippen LogP contribution in [0.25, 0.3) is 5.57 Å². The number of amides is 2. The molecule has 2 aromatic carbocycles. The number of nitro groups is 1. The quantitative estimate of drug-likeness (QED) is 0.402. The van der Waals surface area contributed by atoms with Crippen LogP contribution in [-0.4, -0.2) is 59.3 Å². The van der Waals surface area contributed by atoms with Gasteiger partial charge in [-0.2, -0.15) is 0 Å². The first-order valence-corrected chi connectivity index (χ1v) is 10.1. The third-order valence-electron chi connectivity index (χ3n) is 5.71. The summed E-state index contributed by atoms with van der Waals surface area (Å²) in [4.78, 5) is 41.8. The topological polar surface area (TPSA) is 87.0 Å². The van der Waals surface area contributed by atoms with Crippen molar-refractivity contribution in [2.24, 2.45) is 0 Å². The monoisotopic (exact) mass is 442 g/mol. The average molecular weight is 442 g/mol. The Morgan fingerprint density at radius 2 is 1.62 bits per heavy atom. The van der Waals surface area contributed by atoms with E-state index in [1.54, 1.807) is 4.90 Å². The number of nitro benzene ring substituents is 1. The zero-order valence-electron chi connectivity index (χ0n) is 17.3. The van der Waals surface area contributed by atoms with Gasteiger partial charge in [0.15, 0.2) is 0 Å². The van der Waals surface area contributed by atoms with Crippen molar-refractivity contribution >= 4 is 28.8 Å². The van der Waals surface area contributed by atoms with Gasteiger partial charge in [0.1, 0.15) is 17.3 Å². The van der Waals surface area contributed by atoms with E-state index in [-0.39, 0.29) is 17.0 Å². The molecule has 1 fully saturated rings. The maximum Gasteiger partial charge on any atom is 0.282 e. The third-order valence-corrected chi connectivity index (χ3v) is 5.71. The second kappa shape index (κ2) is 8.46. The number of likely N-dealkylation sites (N-methyl/N-ethyl adjacent to an activating group) is 1. The molecule has 0 atom stereocenters. The number of benzene rings is 2. The van der Waals surface area contributed by atoms with E-state index in [1.165, 1.54) is 24.3 Å². The van der Waals surface area contributed by atoms with Crippen molar-refractivity contribution in [2.45, 2.75) is 6.92 Å². The lowest BCUT2D eigenvalue weighted by Crippen LogP contribution is -2.47. The number of halogens is 2. The van der Waals surface area contributed by atoms with Gasteiger partial charge in [0.25, 0.3) is 17.5 Å². The van der Waals surface area contributed by atoms with Gasteiger partial charge in [-0.3, -0.25) is 19.7 Å². The first-order chi connectivity index (χ1) is 15.3. The van der Waals surface area contributed by atoms with Crippen molar-refractivity contribution in [3.63, 3.8) is 0 Å². The summed E-state index contributed by atoms with van der Waals surface area (Å²) < 4.78 is 28.3. The predicted octanol–water partition coefficient (Wildman–Crippen LogP) is 2.80. The maximum absolute atomic E-state index is 14.5. The first-order valence-electron chi connectivity index (χ1n) is 10.1. The van der Waals surface area contributed by atoms with Crippen molar-refractivity contribution in [3.8, 4) is 0 Å². The highest BCUT2D eigenvalue weighted by molar-refractivity contribution is 6.45. The van der Waals surface area contributed by atoms with Gasteiger partial charge in [-0.25, -0.2) is 13.7 Å². The van der Waals surface area contributed by atoms with Gasteiger partial charge >= 0.3 is 0 Å². The number of imide groups is 1. The predicted molar refractivity (Wildman–Crippen MR) is 113 cm³/mol. The molecule has 0 spiro atoms. The van der Waals surface area contributed by atoms with Crippen LogP contribution in [-0.2, 0) is 9.59 Å². The molecule has 0 aliphatic carbocycles. The lowest BCUT2D eigenvalue weighted by molar-refractivity contribution is -0.384. The molecule has 2 aliphatic heterocycles. The van der Waals surface area contributed by atoms with Crippen molar-refractivity contribution in [1.82, 2.24) is 9.80 Å². The summed E-state index contributed by atoms with van der Waals surface area (Å²) in [5, 5.41) is 11.0. The van der Waals surface area contributed by atoms with Gasteiger partial charge in [-0.15, -0.1) is 0 Å². The summed E-state index contributed by atoms with van der Waals surface area (Å²) in [7, 11) is 0. The minimum Gasteiger partial charge on any atom is -0.364 e. The number of nitrogens with zero attached hydrogens (tertiary/aromatic N) is 4. The van der Waals surface area contributed by atoms with Crippen LogP contribution in [0.5, 0.6) is 0 Å². The highest BCUT2D eigenvalue weighted by atomic mass is 19.1. The zero-order chi connectivity index (χ0) is 23.0. The Morgan fingerprint density at radius 1 is 0.969 bits per heavy atom. The van der Waals surface area contributed by atoms with Crippen LogP contribution in [0.1, 0.15) is 12.5 Å². The number of carbonyl (C=O) groups excluding carboxylic acids is 2. The fraction of sp³-hybridized carbons (Fsp3) is 0.273. The normalized spacial score (nSPS) is 17.5. The molecule has 166 valence electrons. The number of piperazine rings is 1. The minimum absolute atomic E-state index is 0.0125. The van der Waals surface area contributed by atoms with Crippen molar-refractivity contribution < 1.29 is 23.3 Å². The molecular weight excluding hydrogens is 422 g/mol. The smallest absolute Gasteiger partial charge is 0.282 e. The SMILES string of the molecule is CCN1CCN(C2=C(c3ccc([N+](=O)[O-])cc3)C(=O)N(c3cc(F)ccc3F)C2=O)CC1. The second-order valence-electron chi connectivity index (χ2n) is 7.49. The fourth-order valence-electron chi connectivity index (χ4n) is 3.99. The van der Waals surface area contributed by atoms with E-state index < -0.39 is 34.1 Å². The number of rotatable bonds is 5. The summed E-state index contributed by atoms with van der Waals surface area (Å²) in [5.74, 6) is -3.25. The van der Waals surface area contributed by atoms with E-state index in [4.69, 9.17) is 0 Å². The van der Waals surface area contributed by atoms with E-state index in [2.05, 4.69) is 4.90 Å². The molecule has 2 heterocycles. The lowest BCUT2D eigenvalue weighted by atomic mass is 10.0. The van der Waals surface area contributed by atoms with Crippen LogP contribution in [0.2, 0.25) is 0 Å². The molecule has 4 rings (SSSR count). The molecule has 0 N–H and O–H groups in total. The molecule has 0 radical (unpaired) electrons. The molecule has 0 bridgehead atoms. The van der Waals surface area contributed by atoms with E-state index in [1.807, 2.05) is 6.92 Å². The highest BCUT2D eigenvalue weighted by Crippen LogP contribution is 2.36. The second-order valence-corrected chi connectivity index (χ2v) is 7.49. The molecule has 32 heavy (non-hydrogen) atoms. The zero-order valence-corrected chi connectivity index (χ0v) is 17.3. The molecule has 10 heteroatoms. The van der Waals surface area contributed by atoms with Crippen LogP contribution in [0.15, 0.2) is 48.2 Å². The number of hydrogen-bond acceptors (Lipinski definition) is 6. The Hall–Kier alpha value is -3.66. The molecule has 1 saturated heterocycles. The Kier molecular flexibility index (Phi) is 5.70. The van der Waals surface area contributed by atoms with E-state index in [0.29, 0.717) is 36.6 Å². The van der Waals surface area contributed by atoms with Crippen LogP contribution in [0.4, 0.5) is 20.2 Å². The van der Waals surface area contributed by atoms with Gasteiger partial charge in [-0.05, 0) is 36.4 Å². The fourth-order valence-corrected chi connectivity index (χ4v) is 3.99. The first kappa shape index (κ1) is 21.6. The summed E-state index contributed by atoms with van der Waals surface area (Å²) >= 11 is 0. The summed E-state index contributed by atoms with van der Waals surface area (Å²) in [6.07, 6.45) is 0. The maximum atomic E-state index is 14.5. The Labute approximate surface area is 182 Å². The molecule has 8 nitrogen and oxygen atoms in total. The van der Waals surface area contributed by atoms with E-state index in [0.717, 1.165) is 24.7 Å². The molecule has 0 saturated carbocycles. The van der Waals surface area contributed by atoms with Crippen LogP contribution in [0.3, 0.4) is 0 Å². The molecule has 2 amide bonds. The average Bonchev–Trinajstić information content (AvgIpc) is 3.05. The molecule has 2 aromatic rings. The number of anilines is 1. The summed E-state index contributed by atoms with van der Waals surface area (Å²) in [6.45, 7) is 5.15. The van der Waals surface area contributed by atoms with Crippen molar-refractivity contribution in [1.29, 1.82) is 0 Å². The lowest BCUT2D eigenvalue weighted by Gasteiger charge is -2.36. The van der Waals surface area contributed by atoms with Crippen molar-refractivity contribution in [2.75, 3.05) is 37.6 Å². The van der Waals surface area contributed by atoms with E-state index >= 15 is 0 Å². The summed E-state index contributed by atoms with van der Waals surface area (Å²) in [6, 6.07) is 7.79. The van der Waals surface area contributed by atoms with Gasteiger partial charge in [0, 0.05) is 44.4 Å². The van der Waals surface area contributed by atoms with Crippen LogP contribution >= 0.6 is 0 Å². The van der Waals surface area contributed by atoms with Gasteiger partial charge in [0.05, 0.1) is 16.2 Å². The molecule has 2 aliphatic rings. The van der Waals surface area contributed by atoms with Crippen LogP contribution in [0, 0.1) is 21.7 Å². The number of carbonyl (C=O) groups is 2. The Bertz CT molecular complexity index is 1130. The molecular formula is C22H20F2N4O4. The minimum atomic E-state index is -0.909. The largest absolute Gasteiger partial charge is 0.364 e. The van der Waals surface area contributed by atoms with Crippen molar-refractivity contribution in [3.05, 3.63) is 75.5 Å².